The van der Waals surface area contributed by atoms with Gasteiger partial charge in [-0.25, -0.2) is 4.98 Å². The van der Waals surface area contributed by atoms with Gasteiger partial charge in [0.1, 0.15) is 11.3 Å². The second-order valence-electron chi connectivity index (χ2n) is 6.89. The van der Waals surface area contributed by atoms with E-state index >= 15 is 0 Å². The van der Waals surface area contributed by atoms with Crippen molar-refractivity contribution in [1.82, 2.24) is 9.97 Å². The number of nitrogens with zero attached hydrogens (tertiary/aromatic N) is 2. The van der Waals surface area contributed by atoms with Crippen LogP contribution in [0.1, 0.15) is 25.7 Å². The zero-order valence-electron chi connectivity index (χ0n) is 15.0. The average Bonchev–Trinajstić information content (AvgIpc) is 2.69. The summed E-state index contributed by atoms with van der Waals surface area (Å²) in [5.41, 5.74) is 8.85. The van der Waals surface area contributed by atoms with Crippen LogP contribution in [0.25, 0.3) is 11.0 Å². The van der Waals surface area contributed by atoms with Crippen molar-refractivity contribution in [1.29, 1.82) is 0 Å². The number of amides is 1. The standard InChI is InChI=1S/C21H22N4O2/c22-15-12-18-20(24-11-10-23-18)19(13-15)27-17-8-6-14(7-9-17)21(26)25-16-4-2-1-3-5-16/h1-5,10-14,17H,6-9,22H2,(H,25,26). The van der Waals surface area contributed by atoms with Gasteiger partial charge in [0.05, 0.1) is 11.6 Å². The molecule has 6 nitrogen and oxygen atoms in total. The van der Waals surface area contributed by atoms with Crippen LogP contribution < -0.4 is 15.8 Å². The van der Waals surface area contributed by atoms with Crippen molar-refractivity contribution in [3.8, 4) is 5.75 Å². The minimum absolute atomic E-state index is 0.0161. The molecule has 1 amide bonds. The fourth-order valence-corrected chi connectivity index (χ4v) is 3.54. The van der Waals surface area contributed by atoms with Gasteiger partial charge in [-0.05, 0) is 43.9 Å². The number of ether oxygens (including phenoxy) is 1. The highest BCUT2D eigenvalue weighted by Gasteiger charge is 2.28. The van der Waals surface area contributed by atoms with E-state index in [4.69, 9.17) is 10.5 Å². The van der Waals surface area contributed by atoms with E-state index < -0.39 is 0 Å². The molecule has 0 aliphatic heterocycles. The van der Waals surface area contributed by atoms with E-state index in [0.29, 0.717) is 11.4 Å². The van der Waals surface area contributed by atoms with E-state index in [-0.39, 0.29) is 17.9 Å². The predicted molar refractivity (Wildman–Crippen MR) is 105 cm³/mol. The molecule has 3 aromatic rings. The molecule has 1 heterocycles. The van der Waals surface area contributed by atoms with Crippen LogP contribution >= 0.6 is 0 Å². The molecule has 1 aliphatic rings. The van der Waals surface area contributed by atoms with Crippen molar-refractivity contribution in [3.05, 3.63) is 54.9 Å². The van der Waals surface area contributed by atoms with Gasteiger partial charge in [-0.3, -0.25) is 9.78 Å². The molecule has 6 heteroatoms. The summed E-state index contributed by atoms with van der Waals surface area (Å²) in [5, 5.41) is 2.99. The number of anilines is 2. The van der Waals surface area contributed by atoms with Gasteiger partial charge in [0.2, 0.25) is 5.91 Å². The van der Waals surface area contributed by atoms with Gasteiger partial charge in [0.25, 0.3) is 0 Å². The maximum absolute atomic E-state index is 12.5. The largest absolute Gasteiger partial charge is 0.488 e. The Morgan fingerprint density at radius 3 is 2.56 bits per heavy atom. The molecule has 0 radical (unpaired) electrons. The third-order valence-electron chi connectivity index (χ3n) is 4.94. The topological polar surface area (TPSA) is 90.1 Å². The minimum Gasteiger partial charge on any atom is -0.488 e. The molecular weight excluding hydrogens is 340 g/mol. The summed E-state index contributed by atoms with van der Waals surface area (Å²) in [6.45, 7) is 0. The molecular formula is C21H22N4O2. The van der Waals surface area contributed by atoms with Gasteiger partial charge >= 0.3 is 0 Å². The number of hydrogen-bond acceptors (Lipinski definition) is 5. The van der Waals surface area contributed by atoms with E-state index in [9.17, 15) is 4.79 Å². The fraction of sp³-hybridized carbons (Fsp3) is 0.286. The second-order valence-corrected chi connectivity index (χ2v) is 6.89. The first kappa shape index (κ1) is 17.3. The Bertz CT molecular complexity index is 937. The summed E-state index contributed by atoms with van der Waals surface area (Å²) in [5.74, 6) is 0.762. The molecule has 138 valence electrons. The van der Waals surface area contributed by atoms with Crippen molar-refractivity contribution in [2.45, 2.75) is 31.8 Å². The minimum atomic E-state index is 0.0161. The highest BCUT2D eigenvalue weighted by atomic mass is 16.5. The molecule has 0 unspecified atom stereocenters. The lowest BCUT2D eigenvalue weighted by Crippen LogP contribution is -2.31. The lowest BCUT2D eigenvalue weighted by Gasteiger charge is -2.28. The van der Waals surface area contributed by atoms with Gasteiger partial charge in [0, 0.05) is 35.8 Å². The first-order valence-corrected chi connectivity index (χ1v) is 9.22. The fourth-order valence-electron chi connectivity index (χ4n) is 3.54. The molecule has 1 fully saturated rings. The summed E-state index contributed by atoms with van der Waals surface area (Å²) < 4.78 is 6.18. The smallest absolute Gasteiger partial charge is 0.227 e. The number of aromatic nitrogens is 2. The van der Waals surface area contributed by atoms with Gasteiger partial charge in [-0.2, -0.15) is 0 Å². The summed E-state index contributed by atoms with van der Waals surface area (Å²) in [6.07, 6.45) is 6.59. The van der Waals surface area contributed by atoms with Crippen molar-refractivity contribution in [2.24, 2.45) is 5.92 Å². The van der Waals surface area contributed by atoms with Crippen LogP contribution in [-0.4, -0.2) is 22.0 Å². The van der Waals surface area contributed by atoms with Crippen molar-refractivity contribution in [3.63, 3.8) is 0 Å². The molecule has 3 N–H and O–H groups in total. The number of rotatable bonds is 4. The summed E-state index contributed by atoms with van der Waals surface area (Å²) in [7, 11) is 0. The first-order valence-electron chi connectivity index (χ1n) is 9.22. The lowest BCUT2D eigenvalue weighted by atomic mass is 9.86. The van der Waals surface area contributed by atoms with E-state index in [0.717, 1.165) is 42.4 Å². The number of fused-ring (bicyclic) bond motifs is 1. The number of hydrogen-bond donors (Lipinski definition) is 2. The normalized spacial score (nSPS) is 19.6. The number of carbonyl (C=O) groups excluding carboxylic acids is 1. The molecule has 1 saturated carbocycles. The predicted octanol–water partition coefficient (Wildman–Crippen LogP) is 3.79. The molecule has 2 aromatic carbocycles. The third kappa shape index (κ3) is 4.00. The second kappa shape index (κ2) is 7.61. The number of para-hydroxylation sites is 1. The summed E-state index contributed by atoms with van der Waals surface area (Å²) in [4.78, 5) is 21.1. The highest BCUT2D eigenvalue weighted by molar-refractivity contribution is 5.92. The molecule has 0 saturated heterocycles. The van der Waals surface area contributed by atoms with Crippen LogP contribution in [0.3, 0.4) is 0 Å². The van der Waals surface area contributed by atoms with Crippen LogP contribution in [0, 0.1) is 5.92 Å². The Morgan fingerprint density at radius 1 is 1.04 bits per heavy atom. The zero-order valence-corrected chi connectivity index (χ0v) is 15.0. The van der Waals surface area contributed by atoms with E-state index in [2.05, 4.69) is 15.3 Å². The first-order chi connectivity index (χ1) is 13.2. The van der Waals surface area contributed by atoms with E-state index in [1.165, 1.54) is 0 Å². The van der Waals surface area contributed by atoms with Crippen LogP contribution in [0.5, 0.6) is 5.75 Å². The maximum atomic E-state index is 12.5. The molecule has 0 spiro atoms. The molecule has 0 atom stereocenters. The van der Waals surface area contributed by atoms with Crippen LogP contribution in [-0.2, 0) is 4.79 Å². The van der Waals surface area contributed by atoms with E-state index in [1.54, 1.807) is 24.5 Å². The number of carbonyl (C=O) groups is 1. The lowest BCUT2D eigenvalue weighted by molar-refractivity contribution is -0.121. The van der Waals surface area contributed by atoms with Crippen molar-refractivity contribution in [2.75, 3.05) is 11.1 Å². The number of nitrogen functional groups attached to an aromatic ring is 1. The van der Waals surface area contributed by atoms with Gasteiger partial charge in [0.15, 0.2) is 0 Å². The van der Waals surface area contributed by atoms with Crippen LogP contribution in [0.4, 0.5) is 11.4 Å². The third-order valence-corrected chi connectivity index (χ3v) is 4.94. The Morgan fingerprint density at radius 2 is 1.78 bits per heavy atom. The van der Waals surface area contributed by atoms with Gasteiger partial charge in [-0.15, -0.1) is 0 Å². The number of benzene rings is 2. The Kier molecular flexibility index (Phi) is 4.87. The Balaban J connectivity index is 1.38. The monoisotopic (exact) mass is 362 g/mol. The molecule has 1 aliphatic carbocycles. The highest BCUT2D eigenvalue weighted by Crippen LogP contribution is 2.32. The summed E-state index contributed by atoms with van der Waals surface area (Å²) >= 11 is 0. The molecule has 1 aromatic heterocycles. The number of nitrogens with two attached hydrogens (primary N) is 1. The van der Waals surface area contributed by atoms with E-state index in [1.807, 2.05) is 30.3 Å². The quantitative estimate of drug-likeness (QED) is 0.689. The Hall–Kier alpha value is -3.15. The van der Waals surface area contributed by atoms with Crippen LogP contribution in [0.2, 0.25) is 0 Å². The summed E-state index contributed by atoms with van der Waals surface area (Å²) in [6, 6.07) is 13.2. The van der Waals surface area contributed by atoms with Gasteiger partial charge in [-0.1, -0.05) is 18.2 Å². The van der Waals surface area contributed by atoms with Gasteiger partial charge < -0.3 is 15.8 Å². The SMILES string of the molecule is Nc1cc(OC2CCC(C(=O)Nc3ccccc3)CC2)c2nccnc2c1. The van der Waals surface area contributed by atoms with Crippen molar-refractivity contribution < 1.29 is 9.53 Å². The van der Waals surface area contributed by atoms with Crippen molar-refractivity contribution >= 4 is 28.3 Å². The zero-order chi connectivity index (χ0) is 18.6. The van der Waals surface area contributed by atoms with Crippen LogP contribution in [0.15, 0.2) is 54.9 Å². The molecule has 0 bridgehead atoms. The average molecular weight is 362 g/mol. The Labute approximate surface area is 157 Å². The number of nitrogens with one attached hydrogen (secondary N) is 1. The molecule has 4 rings (SSSR count). The maximum Gasteiger partial charge on any atom is 0.227 e. The molecule has 27 heavy (non-hydrogen) atoms.